The first kappa shape index (κ1) is 14.3. The van der Waals surface area contributed by atoms with Gasteiger partial charge in [0.1, 0.15) is 0 Å². The Balaban J connectivity index is 2.16. The van der Waals surface area contributed by atoms with E-state index >= 15 is 0 Å². The van der Waals surface area contributed by atoms with Crippen LogP contribution in [0.3, 0.4) is 0 Å². The summed E-state index contributed by atoms with van der Waals surface area (Å²) in [5, 5.41) is 0. The van der Waals surface area contributed by atoms with Crippen LogP contribution < -0.4 is 5.73 Å². The molecule has 2 N–H and O–H groups in total. The first-order valence-corrected chi connectivity index (χ1v) is 7.73. The monoisotopic (exact) mass is 254 g/mol. The Labute approximate surface area is 112 Å². The van der Waals surface area contributed by atoms with E-state index in [0.29, 0.717) is 0 Å². The summed E-state index contributed by atoms with van der Waals surface area (Å²) in [6.07, 6.45) is 9.50. The zero-order valence-electron chi connectivity index (χ0n) is 12.2. The highest BCUT2D eigenvalue weighted by Crippen LogP contribution is 2.39. The van der Waals surface area contributed by atoms with Crippen molar-refractivity contribution in [2.45, 2.75) is 63.5 Å². The largest absolute Gasteiger partial charge is 0.383 e. The second kappa shape index (κ2) is 6.36. The van der Waals surface area contributed by atoms with Crippen LogP contribution in [0.5, 0.6) is 0 Å². The lowest BCUT2D eigenvalue weighted by Crippen LogP contribution is -2.63. The lowest BCUT2D eigenvalue weighted by Gasteiger charge is -2.53. The molecule has 0 bridgehead atoms. The van der Waals surface area contributed by atoms with E-state index in [1.54, 1.807) is 0 Å². The van der Waals surface area contributed by atoms with Crippen LogP contribution in [0.4, 0.5) is 0 Å². The smallest absolute Gasteiger partial charge is 0.0659 e. The van der Waals surface area contributed by atoms with Gasteiger partial charge in [-0.25, -0.2) is 0 Å². The number of hydrogen-bond acceptors (Lipinski definition) is 3. The number of nitrogens with two attached hydrogens (primary N) is 1. The Hall–Kier alpha value is -0.120. The highest BCUT2D eigenvalue weighted by atomic mass is 16.5. The normalized spacial score (nSPS) is 32.8. The molecule has 3 heteroatoms. The van der Waals surface area contributed by atoms with Crippen molar-refractivity contribution < 1.29 is 4.74 Å². The molecule has 2 fully saturated rings. The fourth-order valence-corrected chi connectivity index (χ4v) is 4.19. The molecule has 1 saturated heterocycles. The molecule has 0 amide bonds. The summed E-state index contributed by atoms with van der Waals surface area (Å²) in [5.74, 6) is 0.918. The van der Waals surface area contributed by atoms with Crippen molar-refractivity contribution in [1.82, 2.24) is 4.90 Å². The Morgan fingerprint density at radius 2 is 1.94 bits per heavy atom. The van der Waals surface area contributed by atoms with E-state index in [0.717, 1.165) is 31.5 Å². The van der Waals surface area contributed by atoms with Crippen LogP contribution >= 0.6 is 0 Å². The molecule has 1 aliphatic heterocycles. The van der Waals surface area contributed by atoms with Crippen molar-refractivity contribution in [2.24, 2.45) is 11.7 Å². The zero-order valence-corrected chi connectivity index (χ0v) is 12.2. The number of nitrogens with zero attached hydrogens (tertiary/aromatic N) is 1. The molecule has 0 aromatic heterocycles. The van der Waals surface area contributed by atoms with Crippen LogP contribution in [0.2, 0.25) is 0 Å². The third-order valence-electron chi connectivity index (χ3n) is 5.30. The Kier molecular flexibility index (Phi) is 5.05. The second-order valence-corrected chi connectivity index (χ2v) is 6.16. The maximum absolute atomic E-state index is 6.14. The SMILES string of the molecule is CCC(CN)(COC)N1CCC[C@H]2CCCC[C@H]21. The molecule has 2 rings (SSSR count). The average molecular weight is 254 g/mol. The molecule has 1 saturated carbocycles. The topological polar surface area (TPSA) is 38.5 Å². The van der Waals surface area contributed by atoms with E-state index < -0.39 is 0 Å². The Morgan fingerprint density at radius 3 is 2.61 bits per heavy atom. The molecule has 106 valence electrons. The molecular weight excluding hydrogens is 224 g/mol. The average Bonchev–Trinajstić information content (AvgIpc) is 2.44. The van der Waals surface area contributed by atoms with Gasteiger partial charge in [0.25, 0.3) is 0 Å². The van der Waals surface area contributed by atoms with Gasteiger partial charge in [0.2, 0.25) is 0 Å². The minimum Gasteiger partial charge on any atom is -0.383 e. The Morgan fingerprint density at radius 1 is 1.22 bits per heavy atom. The number of methoxy groups -OCH3 is 1. The number of likely N-dealkylation sites (tertiary alicyclic amines) is 1. The third-order valence-corrected chi connectivity index (χ3v) is 5.30. The molecule has 3 atom stereocenters. The minimum absolute atomic E-state index is 0.0788. The number of piperidine rings is 1. The number of hydrogen-bond donors (Lipinski definition) is 1. The van der Waals surface area contributed by atoms with E-state index in [4.69, 9.17) is 10.5 Å². The van der Waals surface area contributed by atoms with Crippen molar-refractivity contribution in [3.8, 4) is 0 Å². The molecule has 0 aromatic rings. The van der Waals surface area contributed by atoms with E-state index in [9.17, 15) is 0 Å². The highest BCUT2D eigenvalue weighted by Gasteiger charge is 2.43. The van der Waals surface area contributed by atoms with Crippen LogP contribution in [-0.4, -0.2) is 43.3 Å². The zero-order chi connectivity index (χ0) is 13.0. The van der Waals surface area contributed by atoms with Crippen molar-refractivity contribution in [2.75, 3.05) is 26.8 Å². The maximum Gasteiger partial charge on any atom is 0.0659 e. The second-order valence-electron chi connectivity index (χ2n) is 6.16. The van der Waals surface area contributed by atoms with Crippen LogP contribution in [0, 0.1) is 5.92 Å². The third kappa shape index (κ3) is 2.59. The summed E-state index contributed by atoms with van der Waals surface area (Å²) >= 11 is 0. The van der Waals surface area contributed by atoms with Crippen molar-refractivity contribution >= 4 is 0 Å². The van der Waals surface area contributed by atoms with E-state index in [1.165, 1.54) is 45.1 Å². The van der Waals surface area contributed by atoms with Gasteiger partial charge in [0.15, 0.2) is 0 Å². The van der Waals surface area contributed by atoms with Crippen LogP contribution in [0.15, 0.2) is 0 Å². The summed E-state index contributed by atoms with van der Waals surface area (Å²) in [7, 11) is 1.81. The van der Waals surface area contributed by atoms with Gasteiger partial charge in [-0.15, -0.1) is 0 Å². The number of fused-ring (bicyclic) bond motifs is 1. The van der Waals surface area contributed by atoms with Gasteiger partial charge in [-0.2, -0.15) is 0 Å². The molecule has 3 nitrogen and oxygen atoms in total. The van der Waals surface area contributed by atoms with Gasteiger partial charge < -0.3 is 10.5 Å². The highest BCUT2D eigenvalue weighted by molar-refractivity contribution is 4.99. The molecule has 0 radical (unpaired) electrons. The number of rotatable bonds is 5. The van der Waals surface area contributed by atoms with Crippen LogP contribution in [0.1, 0.15) is 51.9 Å². The quantitative estimate of drug-likeness (QED) is 0.819. The minimum atomic E-state index is 0.0788. The summed E-state index contributed by atoms with van der Waals surface area (Å²) in [6, 6.07) is 0.770. The molecule has 2 aliphatic rings. The van der Waals surface area contributed by atoms with Gasteiger partial charge in [-0.05, 0) is 44.6 Å². The van der Waals surface area contributed by atoms with Gasteiger partial charge >= 0.3 is 0 Å². The molecular formula is C15H30N2O. The molecule has 0 aromatic carbocycles. The maximum atomic E-state index is 6.14. The van der Waals surface area contributed by atoms with E-state index in [-0.39, 0.29) is 5.54 Å². The summed E-state index contributed by atoms with van der Waals surface area (Å²) in [6.45, 7) is 4.98. The molecule has 1 unspecified atom stereocenters. The first-order chi connectivity index (χ1) is 8.77. The van der Waals surface area contributed by atoms with Gasteiger partial charge in [-0.3, -0.25) is 4.90 Å². The van der Waals surface area contributed by atoms with Crippen molar-refractivity contribution in [3.05, 3.63) is 0 Å². The summed E-state index contributed by atoms with van der Waals surface area (Å²) in [5.41, 5.74) is 6.21. The number of ether oxygens (including phenoxy) is 1. The molecule has 1 heterocycles. The molecule has 1 aliphatic carbocycles. The van der Waals surface area contributed by atoms with E-state index in [1.807, 2.05) is 7.11 Å². The lowest BCUT2D eigenvalue weighted by atomic mass is 9.75. The first-order valence-electron chi connectivity index (χ1n) is 7.73. The molecule has 18 heavy (non-hydrogen) atoms. The van der Waals surface area contributed by atoms with Gasteiger partial charge in [0.05, 0.1) is 12.1 Å². The van der Waals surface area contributed by atoms with Crippen molar-refractivity contribution in [3.63, 3.8) is 0 Å². The van der Waals surface area contributed by atoms with E-state index in [2.05, 4.69) is 11.8 Å². The fraction of sp³-hybridized carbons (Fsp3) is 1.00. The predicted octanol–water partition coefficient (Wildman–Crippen LogP) is 2.39. The van der Waals surface area contributed by atoms with Gasteiger partial charge in [0, 0.05) is 19.7 Å². The van der Waals surface area contributed by atoms with Crippen molar-refractivity contribution in [1.29, 1.82) is 0 Å². The standard InChI is InChI=1S/C15H30N2O/c1-3-15(11-16,12-18-2)17-10-6-8-13-7-4-5-9-14(13)17/h13-14H,3-12,16H2,1-2H3/t13-,14-,15?/m1/s1. The predicted molar refractivity (Wildman–Crippen MR) is 75.6 cm³/mol. The summed E-state index contributed by atoms with van der Waals surface area (Å²) < 4.78 is 5.50. The fourth-order valence-electron chi connectivity index (χ4n) is 4.19. The van der Waals surface area contributed by atoms with Crippen LogP contribution in [-0.2, 0) is 4.74 Å². The summed E-state index contributed by atoms with van der Waals surface area (Å²) in [4.78, 5) is 2.73. The van der Waals surface area contributed by atoms with Crippen LogP contribution in [0.25, 0.3) is 0 Å². The Bertz CT molecular complexity index is 251. The molecule has 0 spiro atoms. The lowest BCUT2D eigenvalue weighted by molar-refractivity contribution is -0.0607. The van der Waals surface area contributed by atoms with Gasteiger partial charge in [-0.1, -0.05) is 19.8 Å².